The molecule has 5 rings (SSSR count). The highest BCUT2D eigenvalue weighted by atomic mass is 19.3. The Kier molecular flexibility index (Phi) is 5.19. The first kappa shape index (κ1) is 21.6. The summed E-state index contributed by atoms with van der Waals surface area (Å²) in [5.41, 5.74) is 2.75. The lowest BCUT2D eigenvalue weighted by atomic mass is 10.0. The molecule has 1 aliphatic rings. The molecule has 0 aromatic carbocycles. The number of hydrogen-bond acceptors (Lipinski definition) is 6. The molecule has 1 N–H and O–H groups in total. The topological polar surface area (TPSA) is 76.2 Å². The van der Waals surface area contributed by atoms with Crippen LogP contribution >= 0.6 is 0 Å². The van der Waals surface area contributed by atoms with E-state index in [0.717, 1.165) is 0 Å². The Morgan fingerprint density at radius 2 is 2.03 bits per heavy atom. The molecule has 8 nitrogen and oxygen atoms in total. The number of nitrogens with zero attached hydrogens (tertiary/aromatic N) is 7. The highest BCUT2D eigenvalue weighted by Gasteiger charge is 2.44. The molecule has 174 valence electrons. The molecule has 12 heteroatoms. The number of likely N-dealkylation sites (tertiary alicyclic amines) is 1. The molecule has 4 aromatic heterocycles. The summed E-state index contributed by atoms with van der Waals surface area (Å²) in [6.45, 7) is 1.40. The van der Waals surface area contributed by atoms with Gasteiger partial charge in [-0.05, 0) is 38.6 Å². The zero-order valence-electron chi connectivity index (χ0n) is 18.0. The molecule has 0 amide bonds. The number of rotatable bonds is 5. The van der Waals surface area contributed by atoms with Crippen molar-refractivity contribution >= 4 is 22.6 Å². The van der Waals surface area contributed by atoms with E-state index in [0.29, 0.717) is 40.3 Å². The van der Waals surface area contributed by atoms with Gasteiger partial charge in [-0.25, -0.2) is 37.0 Å². The van der Waals surface area contributed by atoms with Crippen LogP contribution in [-0.2, 0) is 6.54 Å². The molecule has 5 heterocycles. The molecule has 1 saturated heterocycles. The molecule has 4 aromatic rings. The average molecular weight is 462 g/mol. The third-order valence-electron chi connectivity index (χ3n) is 5.89. The number of fused-ring (bicyclic) bond motifs is 2. The highest BCUT2D eigenvalue weighted by Crippen LogP contribution is 2.30. The van der Waals surface area contributed by atoms with E-state index in [2.05, 4.69) is 25.4 Å². The van der Waals surface area contributed by atoms with Gasteiger partial charge in [0, 0.05) is 18.3 Å². The zero-order chi connectivity index (χ0) is 23.3. The van der Waals surface area contributed by atoms with Gasteiger partial charge in [-0.2, -0.15) is 0 Å². The smallest absolute Gasteiger partial charge is 0.280 e. The van der Waals surface area contributed by atoms with Crippen LogP contribution in [-0.4, -0.2) is 72.6 Å². The third kappa shape index (κ3) is 3.99. The van der Waals surface area contributed by atoms with Gasteiger partial charge in [-0.1, -0.05) is 0 Å². The summed E-state index contributed by atoms with van der Waals surface area (Å²) in [6.07, 6.45) is 0.957. The molecule has 33 heavy (non-hydrogen) atoms. The van der Waals surface area contributed by atoms with Crippen LogP contribution in [0, 0.1) is 6.92 Å². The van der Waals surface area contributed by atoms with Gasteiger partial charge in [0.25, 0.3) is 12.3 Å². The second kappa shape index (κ2) is 7.94. The van der Waals surface area contributed by atoms with E-state index in [9.17, 15) is 17.6 Å². The summed E-state index contributed by atoms with van der Waals surface area (Å²) >= 11 is 0. The third-order valence-corrected chi connectivity index (χ3v) is 5.89. The number of alkyl halides is 4. The molecule has 0 bridgehead atoms. The first-order valence-electron chi connectivity index (χ1n) is 10.5. The van der Waals surface area contributed by atoms with Crippen LogP contribution in [0.25, 0.3) is 27.9 Å². The van der Waals surface area contributed by atoms with Crippen LogP contribution in [0.5, 0.6) is 0 Å². The minimum atomic E-state index is -2.90. The lowest BCUT2D eigenvalue weighted by molar-refractivity contribution is -0.0675. The van der Waals surface area contributed by atoms with Gasteiger partial charge < -0.3 is 14.8 Å². The van der Waals surface area contributed by atoms with Crippen molar-refractivity contribution in [2.75, 3.05) is 25.5 Å². The number of piperidine rings is 1. The largest absolute Gasteiger partial charge is 0.344 e. The minimum Gasteiger partial charge on any atom is -0.344 e. The Balaban J connectivity index is 1.46. The molecule has 1 fully saturated rings. The minimum absolute atomic E-state index is 0.105. The van der Waals surface area contributed by atoms with Gasteiger partial charge in [0.2, 0.25) is 5.95 Å². The standard InChI is InChI=1S/C21H22F4N8/c1-12-27-15-4-3-14(28-19(15)32(12)10-18(22)23)13-5-8-33-16(13)9-26-20(30-33)29-17-6-7-31(2)11-21(17,24)25/h3-5,8-9,17-18H,6-7,10-11H2,1-2H3,(H,29,30)/t17-/m1/s1. The molecule has 0 saturated carbocycles. The molecule has 0 spiro atoms. The molecular weight excluding hydrogens is 440 g/mol. The Bertz CT molecular complexity index is 1310. The number of anilines is 1. The van der Waals surface area contributed by atoms with Gasteiger partial charge in [0.1, 0.15) is 11.3 Å². The van der Waals surface area contributed by atoms with Gasteiger partial charge >= 0.3 is 0 Å². The molecule has 0 unspecified atom stereocenters. The summed E-state index contributed by atoms with van der Waals surface area (Å²) in [4.78, 5) is 14.7. The Morgan fingerprint density at radius 3 is 2.79 bits per heavy atom. The van der Waals surface area contributed by atoms with Crippen LogP contribution in [0.15, 0.2) is 30.6 Å². The Labute approximate surface area is 186 Å². The van der Waals surface area contributed by atoms with E-state index < -0.39 is 24.9 Å². The maximum atomic E-state index is 14.4. The van der Waals surface area contributed by atoms with Crippen molar-refractivity contribution < 1.29 is 17.6 Å². The van der Waals surface area contributed by atoms with E-state index in [1.165, 1.54) is 15.3 Å². The predicted octanol–water partition coefficient (Wildman–Crippen LogP) is 3.47. The number of nitrogens with one attached hydrogen (secondary N) is 1. The molecular formula is C21H22F4N8. The van der Waals surface area contributed by atoms with E-state index in [1.807, 2.05) is 0 Å². The highest BCUT2D eigenvalue weighted by molar-refractivity contribution is 5.82. The fourth-order valence-electron chi connectivity index (χ4n) is 4.25. The second-order valence-electron chi connectivity index (χ2n) is 8.33. The quantitative estimate of drug-likeness (QED) is 0.458. The van der Waals surface area contributed by atoms with Gasteiger partial charge in [0.15, 0.2) is 5.65 Å². The molecule has 1 aliphatic heterocycles. The van der Waals surface area contributed by atoms with Crippen molar-refractivity contribution in [3.8, 4) is 11.3 Å². The number of pyridine rings is 1. The van der Waals surface area contributed by atoms with E-state index in [4.69, 9.17) is 0 Å². The summed E-state index contributed by atoms with van der Waals surface area (Å²) < 4.78 is 57.7. The van der Waals surface area contributed by atoms with E-state index >= 15 is 0 Å². The average Bonchev–Trinajstić information content (AvgIpc) is 3.30. The predicted molar refractivity (Wildman–Crippen MR) is 115 cm³/mol. The number of aromatic nitrogens is 6. The normalized spacial score (nSPS) is 19.1. The zero-order valence-corrected chi connectivity index (χ0v) is 18.0. The first-order chi connectivity index (χ1) is 15.7. The van der Waals surface area contributed by atoms with Gasteiger partial charge in [-0.15, -0.1) is 5.10 Å². The summed E-state index contributed by atoms with van der Waals surface area (Å²) in [7, 11) is 1.67. The Hall–Kier alpha value is -3.28. The van der Waals surface area contributed by atoms with Crippen molar-refractivity contribution in [1.82, 2.24) is 34.0 Å². The van der Waals surface area contributed by atoms with Crippen molar-refractivity contribution in [2.24, 2.45) is 0 Å². The van der Waals surface area contributed by atoms with Crippen molar-refractivity contribution in [3.05, 3.63) is 36.4 Å². The number of halogens is 4. The molecule has 0 radical (unpaired) electrons. The van der Waals surface area contributed by atoms with E-state index in [-0.39, 0.29) is 18.9 Å². The Morgan fingerprint density at radius 1 is 1.21 bits per heavy atom. The number of imidazole rings is 1. The fourth-order valence-corrected chi connectivity index (χ4v) is 4.25. The van der Waals surface area contributed by atoms with Crippen LogP contribution < -0.4 is 5.32 Å². The molecule has 0 aliphatic carbocycles. The van der Waals surface area contributed by atoms with E-state index in [1.54, 1.807) is 43.3 Å². The monoisotopic (exact) mass is 462 g/mol. The van der Waals surface area contributed by atoms with Crippen molar-refractivity contribution in [3.63, 3.8) is 0 Å². The maximum Gasteiger partial charge on any atom is 0.280 e. The van der Waals surface area contributed by atoms with Crippen molar-refractivity contribution in [1.29, 1.82) is 0 Å². The number of hydrogen-bond donors (Lipinski definition) is 1. The first-order valence-corrected chi connectivity index (χ1v) is 10.5. The SMILES string of the molecule is Cc1nc2ccc(-c3ccn4nc(N[C@@H]5CCN(C)CC5(F)F)ncc34)nc2n1CC(F)F. The van der Waals surface area contributed by atoms with Crippen LogP contribution in [0.4, 0.5) is 23.5 Å². The molecule has 1 atom stereocenters. The van der Waals surface area contributed by atoms with Gasteiger partial charge in [0.05, 0.1) is 36.5 Å². The van der Waals surface area contributed by atoms with Crippen molar-refractivity contribution in [2.45, 2.75) is 38.3 Å². The summed E-state index contributed by atoms with van der Waals surface area (Å²) in [5, 5.41) is 7.09. The summed E-state index contributed by atoms with van der Waals surface area (Å²) in [5.74, 6) is -2.33. The summed E-state index contributed by atoms with van der Waals surface area (Å²) in [6, 6.07) is 4.20. The second-order valence-corrected chi connectivity index (χ2v) is 8.33. The fraction of sp³-hybridized carbons (Fsp3) is 0.429. The lowest BCUT2D eigenvalue weighted by Crippen LogP contribution is -2.53. The lowest BCUT2D eigenvalue weighted by Gasteiger charge is -2.36. The van der Waals surface area contributed by atoms with Crippen LogP contribution in [0.1, 0.15) is 12.2 Å². The van der Waals surface area contributed by atoms with Gasteiger partial charge in [-0.3, -0.25) is 0 Å². The van der Waals surface area contributed by atoms with Crippen LogP contribution in [0.3, 0.4) is 0 Å². The maximum absolute atomic E-state index is 14.4. The van der Waals surface area contributed by atoms with Crippen LogP contribution in [0.2, 0.25) is 0 Å². The number of aryl methyl sites for hydroxylation is 1.